The minimum absolute atomic E-state index is 0. The molecule has 0 radical (unpaired) electrons. The standard InChI is InChI=1S/2C6H8N3O2.2H2O.Zn/c2*7-5(6(10)11)1-4-2-8-3-9-4;;;/h2*2-3,5,7H,1H2,(H,8,9)(H,10,11);2*1H2;/q2*-1;;;+2/t2*5-;;;/m00.../s1. The predicted molar refractivity (Wildman–Crippen MR) is 83.3 cm³/mol. The summed E-state index contributed by atoms with van der Waals surface area (Å²) in [5, 5.41) is 16.7. The van der Waals surface area contributed by atoms with Crippen LogP contribution in [-0.2, 0) is 41.9 Å². The molecule has 2 aromatic rings. The first kappa shape index (κ1) is 27.7. The third-order valence-corrected chi connectivity index (χ3v) is 2.55. The molecule has 13 heteroatoms. The molecule has 0 spiro atoms. The van der Waals surface area contributed by atoms with Crippen molar-refractivity contribution in [2.45, 2.75) is 24.9 Å². The van der Waals surface area contributed by atoms with Gasteiger partial charge in [0.05, 0.1) is 12.7 Å². The molecular weight excluding hydrogens is 390 g/mol. The fourth-order valence-corrected chi connectivity index (χ4v) is 1.41. The number of nitrogens with one attached hydrogen (secondary N) is 4. The fraction of sp³-hybridized carbons (Fsp3) is 0.333. The van der Waals surface area contributed by atoms with E-state index in [1.807, 2.05) is 0 Å². The van der Waals surface area contributed by atoms with Crippen LogP contribution in [0.15, 0.2) is 25.0 Å². The Morgan fingerprint density at radius 2 is 1.24 bits per heavy atom. The Morgan fingerprint density at radius 3 is 1.44 bits per heavy atom. The first-order chi connectivity index (χ1) is 10.4. The van der Waals surface area contributed by atoms with Crippen LogP contribution in [0.3, 0.4) is 0 Å². The van der Waals surface area contributed by atoms with Crippen LogP contribution < -0.4 is 0 Å². The van der Waals surface area contributed by atoms with E-state index < -0.39 is 24.0 Å². The van der Waals surface area contributed by atoms with E-state index in [9.17, 15) is 9.59 Å². The summed E-state index contributed by atoms with van der Waals surface area (Å²) in [7, 11) is 0. The van der Waals surface area contributed by atoms with Gasteiger partial charge in [-0.15, -0.1) is 0 Å². The zero-order valence-corrected chi connectivity index (χ0v) is 16.2. The largest absolute Gasteiger partial charge is 2.00 e. The van der Waals surface area contributed by atoms with Crippen molar-refractivity contribution in [1.82, 2.24) is 19.9 Å². The second-order valence-corrected chi connectivity index (χ2v) is 4.34. The van der Waals surface area contributed by atoms with E-state index in [1.165, 1.54) is 25.0 Å². The van der Waals surface area contributed by atoms with Gasteiger partial charge in [-0.2, -0.15) is 0 Å². The van der Waals surface area contributed by atoms with E-state index in [0.29, 0.717) is 11.4 Å². The Kier molecular flexibility index (Phi) is 15.7. The molecule has 2 heterocycles. The Hall–Kier alpha value is -2.18. The van der Waals surface area contributed by atoms with Crippen LogP contribution >= 0.6 is 0 Å². The zero-order valence-electron chi connectivity index (χ0n) is 13.2. The number of nitrogens with zero attached hydrogens (tertiary/aromatic N) is 2. The molecule has 136 valence electrons. The molecule has 0 fully saturated rings. The predicted octanol–water partition coefficient (Wildman–Crippen LogP) is -0.737. The van der Waals surface area contributed by atoms with Gasteiger partial charge in [0.2, 0.25) is 0 Å². The van der Waals surface area contributed by atoms with E-state index in [0.717, 1.165) is 0 Å². The van der Waals surface area contributed by atoms with Crippen molar-refractivity contribution in [3.8, 4) is 0 Å². The van der Waals surface area contributed by atoms with Crippen LogP contribution in [-0.4, -0.2) is 65.1 Å². The summed E-state index contributed by atoms with van der Waals surface area (Å²) < 4.78 is 0. The van der Waals surface area contributed by atoms with Crippen LogP contribution in [0.1, 0.15) is 11.4 Å². The Bertz CT molecular complexity index is 527. The summed E-state index contributed by atoms with van der Waals surface area (Å²) in [5.74, 6) is -2.22. The number of aromatic nitrogens is 4. The number of carboxylic acids is 2. The molecule has 0 bridgehead atoms. The van der Waals surface area contributed by atoms with Crippen molar-refractivity contribution in [1.29, 1.82) is 0 Å². The van der Waals surface area contributed by atoms with Gasteiger partial charge in [-0.05, 0) is 24.9 Å². The second-order valence-electron chi connectivity index (χ2n) is 4.34. The number of carbonyl (C=O) groups is 2. The number of aliphatic carboxylic acids is 2. The van der Waals surface area contributed by atoms with Crippen LogP contribution in [0.5, 0.6) is 0 Å². The quantitative estimate of drug-likeness (QED) is 0.447. The molecule has 0 aliphatic rings. The fourth-order valence-electron chi connectivity index (χ4n) is 1.41. The summed E-state index contributed by atoms with van der Waals surface area (Å²) in [4.78, 5) is 33.3. The van der Waals surface area contributed by atoms with Gasteiger partial charge in [0, 0.05) is 23.8 Å². The Balaban J connectivity index is -0.000000346. The second kappa shape index (κ2) is 14.2. The zero-order chi connectivity index (χ0) is 16.5. The van der Waals surface area contributed by atoms with Gasteiger partial charge >= 0.3 is 19.5 Å². The monoisotopic (exact) mass is 408 g/mol. The van der Waals surface area contributed by atoms with Gasteiger partial charge in [0.25, 0.3) is 11.9 Å². The first-order valence-corrected chi connectivity index (χ1v) is 6.22. The number of carboxylic acid groups (broad SMARTS) is 2. The number of hydrogen-bond acceptors (Lipinski definition) is 4. The van der Waals surface area contributed by atoms with Crippen molar-refractivity contribution < 1.29 is 50.2 Å². The molecule has 25 heavy (non-hydrogen) atoms. The normalized spacial score (nSPS) is 11.3. The molecule has 0 saturated heterocycles. The molecule has 0 unspecified atom stereocenters. The SMILES string of the molecule is O.O.[NH-][C@@H](Cc1cnc[nH]1)C(=O)O.[NH-][C@@H](Cc1cnc[nH]1)C(=O)O.[Zn+2]. The van der Waals surface area contributed by atoms with Crippen LogP contribution in [0.4, 0.5) is 0 Å². The van der Waals surface area contributed by atoms with E-state index in [4.69, 9.17) is 21.7 Å². The van der Waals surface area contributed by atoms with Gasteiger partial charge in [0.15, 0.2) is 0 Å². The maximum Gasteiger partial charge on any atom is 2.00 e. The molecule has 12 nitrogen and oxygen atoms in total. The van der Waals surface area contributed by atoms with Gasteiger partial charge in [-0.3, -0.25) is 9.59 Å². The average Bonchev–Trinajstić information content (AvgIpc) is 3.12. The maximum absolute atomic E-state index is 10.2. The number of H-pyrrole nitrogens is 2. The van der Waals surface area contributed by atoms with E-state index in [1.54, 1.807) is 0 Å². The van der Waals surface area contributed by atoms with E-state index in [-0.39, 0.29) is 43.3 Å². The molecular formula is C12H20N6O6Zn. The summed E-state index contributed by atoms with van der Waals surface area (Å²) in [6.07, 6.45) is 6.31. The number of imidazole rings is 2. The maximum atomic E-state index is 10.2. The van der Waals surface area contributed by atoms with Crippen molar-refractivity contribution in [2.24, 2.45) is 0 Å². The summed E-state index contributed by atoms with van der Waals surface area (Å²) in [6.45, 7) is 0. The smallest absolute Gasteiger partial charge is 0.665 e. The van der Waals surface area contributed by atoms with Crippen LogP contribution in [0, 0.1) is 0 Å². The minimum Gasteiger partial charge on any atom is -0.665 e. The molecule has 0 aromatic carbocycles. The third-order valence-electron chi connectivity index (χ3n) is 2.55. The van der Waals surface area contributed by atoms with Crippen LogP contribution in [0.2, 0.25) is 0 Å². The molecule has 2 aromatic heterocycles. The number of rotatable bonds is 6. The molecule has 2 rings (SSSR count). The first-order valence-electron chi connectivity index (χ1n) is 6.22. The molecule has 0 aliphatic carbocycles. The van der Waals surface area contributed by atoms with Crippen LogP contribution in [0.25, 0.3) is 11.5 Å². The molecule has 0 saturated carbocycles. The van der Waals surface area contributed by atoms with Gasteiger partial charge < -0.3 is 42.6 Å². The van der Waals surface area contributed by atoms with E-state index in [2.05, 4.69) is 19.9 Å². The summed E-state index contributed by atoms with van der Waals surface area (Å²) in [6, 6.07) is -2.20. The van der Waals surface area contributed by atoms with Crippen molar-refractivity contribution in [3.05, 3.63) is 47.9 Å². The van der Waals surface area contributed by atoms with E-state index >= 15 is 0 Å². The number of hydrogen-bond donors (Lipinski definition) is 4. The summed E-state index contributed by atoms with van der Waals surface area (Å²) >= 11 is 0. The van der Waals surface area contributed by atoms with Gasteiger partial charge in [-0.25, -0.2) is 9.97 Å². The van der Waals surface area contributed by atoms with Gasteiger partial charge in [0.1, 0.15) is 0 Å². The van der Waals surface area contributed by atoms with Crippen molar-refractivity contribution in [3.63, 3.8) is 0 Å². The molecule has 10 N–H and O–H groups in total. The molecule has 0 amide bonds. The average molecular weight is 410 g/mol. The molecule has 2 atom stereocenters. The Labute approximate surface area is 155 Å². The van der Waals surface area contributed by atoms with Crippen molar-refractivity contribution in [2.75, 3.05) is 0 Å². The minimum atomic E-state index is -1.11. The molecule has 0 aliphatic heterocycles. The topological polar surface area (TPSA) is 243 Å². The number of aromatic amines is 2. The van der Waals surface area contributed by atoms with Crippen molar-refractivity contribution >= 4 is 11.9 Å². The van der Waals surface area contributed by atoms with Gasteiger partial charge in [-0.1, -0.05) is 0 Å². The Morgan fingerprint density at radius 1 is 0.920 bits per heavy atom. The summed E-state index contributed by atoms with van der Waals surface area (Å²) in [5.41, 5.74) is 15.5. The third kappa shape index (κ3) is 11.1.